The average molecular weight is 249 g/mol. The number of carbonyl (C=O) groups is 1. The topological polar surface area (TPSA) is 93.8 Å². The molecular weight excluding hydrogens is 238 g/mol. The molecule has 1 amide bonds. The summed E-state index contributed by atoms with van der Waals surface area (Å²) in [4.78, 5) is 23.6. The first kappa shape index (κ1) is 11.5. The fraction of sp³-hybridized carbons (Fsp3) is 0.200. The third-order valence-corrected chi connectivity index (χ3v) is 3.01. The smallest absolute Gasteiger partial charge is 0.272 e. The number of nitrogen functional groups attached to an aromatic ring is 1. The molecule has 0 aliphatic rings. The minimum atomic E-state index is -0.312. The van der Waals surface area contributed by atoms with Crippen molar-refractivity contribution in [1.82, 2.24) is 20.3 Å². The molecule has 2 aromatic rings. The summed E-state index contributed by atoms with van der Waals surface area (Å²) in [6.07, 6.45) is 4.46. The number of hydrogen-bond donors (Lipinski definition) is 2. The monoisotopic (exact) mass is 249 g/mol. The van der Waals surface area contributed by atoms with E-state index in [1.165, 1.54) is 23.7 Å². The maximum atomic E-state index is 11.8. The van der Waals surface area contributed by atoms with Gasteiger partial charge in [-0.25, -0.2) is 9.97 Å². The van der Waals surface area contributed by atoms with Crippen LogP contribution < -0.4 is 11.1 Å². The number of nitrogens with zero attached hydrogens (tertiary/aromatic N) is 3. The average Bonchev–Trinajstić information content (AvgIpc) is 2.82. The molecule has 2 aromatic heterocycles. The number of thiazole rings is 1. The van der Waals surface area contributed by atoms with Gasteiger partial charge in [-0.1, -0.05) is 0 Å². The molecule has 0 saturated carbocycles. The second-order valence-corrected chi connectivity index (χ2v) is 4.32. The molecule has 0 spiro atoms. The van der Waals surface area contributed by atoms with Crippen molar-refractivity contribution in [2.24, 2.45) is 0 Å². The highest BCUT2D eigenvalue weighted by Crippen LogP contribution is 2.15. The molecule has 1 unspecified atom stereocenters. The van der Waals surface area contributed by atoms with Gasteiger partial charge < -0.3 is 11.1 Å². The molecule has 2 heterocycles. The normalized spacial score (nSPS) is 12.1. The Labute approximate surface area is 102 Å². The molecule has 7 heteroatoms. The molecule has 0 saturated heterocycles. The predicted molar refractivity (Wildman–Crippen MR) is 64.4 cm³/mol. The van der Waals surface area contributed by atoms with Gasteiger partial charge in [0.2, 0.25) is 0 Å². The fourth-order valence-electron chi connectivity index (χ4n) is 1.27. The van der Waals surface area contributed by atoms with Crippen molar-refractivity contribution in [1.29, 1.82) is 0 Å². The molecule has 88 valence electrons. The lowest BCUT2D eigenvalue weighted by atomic mass is 10.3. The highest BCUT2D eigenvalue weighted by Gasteiger charge is 2.14. The van der Waals surface area contributed by atoms with Gasteiger partial charge in [0.15, 0.2) is 0 Å². The Morgan fingerprint density at radius 2 is 2.35 bits per heavy atom. The van der Waals surface area contributed by atoms with Crippen LogP contribution in [-0.2, 0) is 0 Å². The molecule has 3 N–H and O–H groups in total. The van der Waals surface area contributed by atoms with Gasteiger partial charge >= 0.3 is 0 Å². The first-order valence-electron chi connectivity index (χ1n) is 4.94. The van der Waals surface area contributed by atoms with E-state index in [4.69, 9.17) is 5.73 Å². The van der Waals surface area contributed by atoms with E-state index in [2.05, 4.69) is 20.3 Å². The second kappa shape index (κ2) is 4.88. The molecule has 0 aromatic carbocycles. The van der Waals surface area contributed by atoms with Crippen LogP contribution in [0.25, 0.3) is 0 Å². The molecule has 0 fully saturated rings. The van der Waals surface area contributed by atoms with Crippen molar-refractivity contribution in [2.75, 3.05) is 5.73 Å². The molecular formula is C10H11N5OS. The van der Waals surface area contributed by atoms with E-state index in [0.29, 0.717) is 0 Å². The summed E-state index contributed by atoms with van der Waals surface area (Å²) in [5, 5.41) is 5.48. The van der Waals surface area contributed by atoms with Gasteiger partial charge in [-0.3, -0.25) is 9.78 Å². The first-order chi connectivity index (χ1) is 8.16. The highest BCUT2D eigenvalue weighted by molar-refractivity contribution is 7.09. The molecule has 0 aliphatic heterocycles. The molecule has 6 nitrogen and oxygen atoms in total. The molecule has 2 rings (SSSR count). The summed E-state index contributed by atoms with van der Waals surface area (Å²) >= 11 is 1.48. The minimum absolute atomic E-state index is 0.161. The molecule has 0 bridgehead atoms. The van der Waals surface area contributed by atoms with Gasteiger partial charge in [-0.15, -0.1) is 11.3 Å². The summed E-state index contributed by atoms with van der Waals surface area (Å²) < 4.78 is 0. The van der Waals surface area contributed by atoms with Gasteiger partial charge in [0, 0.05) is 11.6 Å². The third-order valence-electron chi connectivity index (χ3n) is 2.06. The van der Waals surface area contributed by atoms with E-state index >= 15 is 0 Å². The molecule has 1 atom stereocenters. The lowest BCUT2D eigenvalue weighted by Crippen LogP contribution is -2.27. The quantitative estimate of drug-likeness (QED) is 0.846. The fourth-order valence-corrected chi connectivity index (χ4v) is 1.92. The first-order valence-corrected chi connectivity index (χ1v) is 5.82. The van der Waals surface area contributed by atoms with Crippen molar-refractivity contribution in [3.05, 3.63) is 34.7 Å². The van der Waals surface area contributed by atoms with Crippen LogP contribution in [0.15, 0.2) is 24.0 Å². The van der Waals surface area contributed by atoms with Crippen molar-refractivity contribution in [3.8, 4) is 0 Å². The largest absolute Gasteiger partial charge is 0.382 e. The standard InChI is InChI=1S/C10H11N5OS/c1-6(10-13-2-3-17-10)14-9(16)7-4-12-5-8(11)15-7/h2-6H,1H3,(H2,11,15)(H,14,16). The Balaban J connectivity index is 2.07. The van der Waals surface area contributed by atoms with E-state index in [-0.39, 0.29) is 23.5 Å². The number of rotatable bonds is 3. The Morgan fingerprint density at radius 1 is 1.53 bits per heavy atom. The Morgan fingerprint density at radius 3 is 3.00 bits per heavy atom. The van der Waals surface area contributed by atoms with Crippen LogP contribution in [0.4, 0.5) is 5.82 Å². The van der Waals surface area contributed by atoms with E-state index in [1.807, 2.05) is 12.3 Å². The number of nitrogens with one attached hydrogen (secondary N) is 1. The summed E-state index contributed by atoms with van der Waals surface area (Å²) in [5.41, 5.74) is 5.66. The molecule has 0 radical (unpaired) electrons. The lowest BCUT2D eigenvalue weighted by Gasteiger charge is -2.10. The van der Waals surface area contributed by atoms with Gasteiger partial charge in [0.25, 0.3) is 5.91 Å². The highest BCUT2D eigenvalue weighted by atomic mass is 32.1. The van der Waals surface area contributed by atoms with Crippen LogP contribution >= 0.6 is 11.3 Å². The van der Waals surface area contributed by atoms with Crippen LogP contribution in [-0.4, -0.2) is 20.9 Å². The van der Waals surface area contributed by atoms with Crippen LogP contribution in [0.1, 0.15) is 28.5 Å². The Kier molecular flexibility index (Phi) is 3.29. The van der Waals surface area contributed by atoms with Crippen molar-refractivity contribution < 1.29 is 4.79 Å². The molecule has 0 aliphatic carbocycles. The Bertz CT molecular complexity index is 513. The second-order valence-electron chi connectivity index (χ2n) is 3.39. The number of aromatic nitrogens is 3. The van der Waals surface area contributed by atoms with Crippen molar-refractivity contribution in [3.63, 3.8) is 0 Å². The number of nitrogens with two attached hydrogens (primary N) is 1. The maximum Gasteiger partial charge on any atom is 0.272 e. The van der Waals surface area contributed by atoms with Crippen LogP contribution in [0.5, 0.6) is 0 Å². The van der Waals surface area contributed by atoms with Gasteiger partial charge in [-0.05, 0) is 6.92 Å². The van der Waals surface area contributed by atoms with E-state index in [9.17, 15) is 4.79 Å². The zero-order valence-electron chi connectivity index (χ0n) is 9.12. The maximum absolute atomic E-state index is 11.8. The van der Waals surface area contributed by atoms with E-state index < -0.39 is 0 Å². The number of hydrogen-bond acceptors (Lipinski definition) is 6. The summed E-state index contributed by atoms with van der Waals surface area (Å²) in [5.74, 6) is -0.0907. The van der Waals surface area contributed by atoms with Gasteiger partial charge in [-0.2, -0.15) is 0 Å². The number of anilines is 1. The summed E-state index contributed by atoms with van der Waals surface area (Å²) in [7, 11) is 0. The summed E-state index contributed by atoms with van der Waals surface area (Å²) in [6.45, 7) is 1.86. The van der Waals surface area contributed by atoms with E-state index in [1.54, 1.807) is 6.20 Å². The SMILES string of the molecule is CC(NC(=O)c1cncc(N)n1)c1nccs1. The predicted octanol–water partition coefficient (Wildman–Crippen LogP) is 1.01. The molecule has 17 heavy (non-hydrogen) atoms. The zero-order valence-corrected chi connectivity index (χ0v) is 9.94. The summed E-state index contributed by atoms with van der Waals surface area (Å²) in [6, 6.07) is -0.161. The van der Waals surface area contributed by atoms with Crippen LogP contribution in [0.2, 0.25) is 0 Å². The number of amides is 1. The Hall–Kier alpha value is -2.02. The zero-order chi connectivity index (χ0) is 12.3. The van der Waals surface area contributed by atoms with Crippen LogP contribution in [0.3, 0.4) is 0 Å². The van der Waals surface area contributed by atoms with Gasteiger partial charge in [0.05, 0.1) is 18.4 Å². The van der Waals surface area contributed by atoms with Crippen molar-refractivity contribution >= 4 is 23.1 Å². The van der Waals surface area contributed by atoms with Crippen molar-refractivity contribution in [2.45, 2.75) is 13.0 Å². The van der Waals surface area contributed by atoms with E-state index in [0.717, 1.165) is 5.01 Å². The van der Waals surface area contributed by atoms with Crippen LogP contribution in [0, 0.1) is 0 Å². The minimum Gasteiger partial charge on any atom is -0.382 e. The lowest BCUT2D eigenvalue weighted by molar-refractivity contribution is 0.0934. The number of carbonyl (C=O) groups excluding carboxylic acids is 1. The van der Waals surface area contributed by atoms with Gasteiger partial charge in [0.1, 0.15) is 16.5 Å². The third kappa shape index (κ3) is 2.76.